The van der Waals surface area contributed by atoms with Crippen molar-refractivity contribution in [1.82, 2.24) is 33.9 Å². The molecule has 4 aromatic rings. The Hall–Kier alpha value is -3.61. The third-order valence-electron chi connectivity index (χ3n) is 7.17. The second-order valence-corrected chi connectivity index (χ2v) is 11.7. The maximum atomic E-state index is 13.6. The summed E-state index contributed by atoms with van der Waals surface area (Å²) in [5.41, 5.74) is 2.50. The highest BCUT2D eigenvalue weighted by Gasteiger charge is 2.29. The molecule has 12 heteroatoms. The van der Waals surface area contributed by atoms with Crippen LogP contribution in [0.4, 0.5) is 0 Å². The van der Waals surface area contributed by atoms with Crippen molar-refractivity contribution in [2.75, 3.05) is 39.3 Å². The van der Waals surface area contributed by atoms with Crippen molar-refractivity contribution in [3.05, 3.63) is 64.3 Å². The number of piperazine rings is 1. The number of aromatic nitrogens is 5. The van der Waals surface area contributed by atoms with E-state index in [4.69, 9.17) is 9.72 Å². The number of fused-ring (bicyclic) bond motifs is 1. The smallest absolute Gasteiger partial charge is 0.279 e. The predicted molar refractivity (Wildman–Crippen MR) is 153 cm³/mol. The highest BCUT2D eigenvalue weighted by atomic mass is 32.2. The summed E-state index contributed by atoms with van der Waals surface area (Å²) in [6.45, 7) is 10.1. The van der Waals surface area contributed by atoms with Crippen molar-refractivity contribution in [3.63, 3.8) is 0 Å². The van der Waals surface area contributed by atoms with Crippen LogP contribution in [0.1, 0.15) is 38.4 Å². The largest absolute Gasteiger partial charge is 0.493 e. The first-order valence-electron chi connectivity index (χ1n) is 13.7. The molecule has 1 aliphatic heterocycles. The van der Waals surface area contributed by atoms with Crippen LogP contribution in [0.25, 0.3) is 22.4 Å². The molecule has 3 aromatic heterocycles. The monoisotopic (exact) mass is 565 g/mol. The van der Waals surface area contributed by atoms with Crippen LogP contribution in [-0.4, -0.2) is 81.7 Å². The van der Waals surface area contributed by atoms with Gasteiger partial charge < -0.3 is 14.6 Å². The minimum atomic E-state index is -3.75. The molecule has 1 aliphatic rings. The van der Waals surface area contributed by atoms with E-state index in [9.17, 15) is 13.2 Å². The van der Waals surface area contributed by atoms with Crippen molar-refractivity contribution in [3.8, 4) is 17.1 Å². The van der Waals surface area contributed by atoms with Gasteiger partial charge in [0, 0.05) is 38.6 Å². The number of rotatable bonds is 10. The Morgan fingerprint density at radius 3 is 2.52 bits per heavy atom. The number of hydrogen-bond donors (Lipinski definition) is 1. The number of sulfonamides is 1. The second kappa shape index (κ2) is 11.9. The van der Waals surface area contributed by atoms with Gasteiger partial charge in [-0.2, -0.15) is 9.40 Å². The molecule has 0 unspecified atom stereocenters. The Kier molecular flexibility index (Phi) is 8.29. The van der Waals surface area contributed by atoms with Crippen LogP contribution in [0.3, 0.4) is 0 Å². The van der Waals surface area contributed by atoms with E-state index in [1.54, 1.807) is 35.3 Å². The molecule has 5 rings (SSSR count). The molecule has 0 bridgehead atoms. The lowest BCUT2D eigenvalue weighted by molar-refractivity contribution is 0.196. The summed E-state index contributed by atoms with van der Waals surface area (Å²) in [5, 5.41) is 4.56. The van der Waals surface area contributed by atoms with Gasteiger partial charge in [0.05, 0.1) is 29.3 Å². The minimum Gasteiger partial charge on any atom is -0.493 e. The average Bonchev–Trinajstić information content (AvgIpc) is 3.33. The van der Waals surface area contributed by atoms with Gasteiger partial charge in [-0.1, -0.05) is 26.8 Å². The molecular formula is C28H35N7O4S. The lowest BCUT2D eigenvalue weighted by Gasteiger charge is -2.33. The fraction of sp³-hybridized carbons (Fsp3) is 0.429. The molecule has 0 atom stereocenters. The lowest BCUT2D eigenvalue weighted by Crippen LogP contribution is -2.48. The topological polar surface area (TPSA) is 126 Å². The van der Waals surface area contributed by atoms with E-state index in [2.05, 4.69) is 26.9 Å². The Balaban J connectivity index is 1.59. The van der Waals surface area contributed by atoms with E-state index in [1.165, 1.54) is 4.31 Å². The molecule has 0 amide bonds. The third kappa shape index (κ3) is 5.51. The number of pyridine rings is 1. The van der Waals surface area contributed by atoms with Gasteiger partial charge in [-0.25, -0.2) is 13.4 Å². The molecule has 1 aromatic carbocycles. The number of nitrogens with one attached hydrogen (secondary N) is 1. The molecule has 0 spiro atoms. The van der Waals surface area contributed by atoms with Gasteiger partial charge in [-0.15, -0.1) is 0 Å². The Bertz CT molecular complexity index is 1640. The number of H-pyrrole nitrogens is 1. The van der Waals surface area contributed by atoms with Crippen LogP contribution in [-0.2, 0) is 23.0 Å². The normalized spacial score (nSPS) is 15.1. The number of aryl methyl sites for hydroxylation is 1. The molecule has 1 N–H and O–H groups in total. The number of nitrogens with zero attached hydrogens (tertiary/aromatic N) is 6. The minimum absolute atomic E-state index is 0.141. The number of aromatic amines is 1. The zero-order valence-electron chi connectivity index (χ0n) is 23.1. The van der Waals surface area contributed by atoms with Crippen molar-refractivity contribution >= 4 is 21.1 Å². The molecule has 0 radical (unpaired) electrons. The standard InChI is InChI=1S/C28H35N7O4S/c1-4-16-39-24-10-9-21(40(37,38)34-14-12-33(6-3)13-15-34)17-22(24)27-30-25-23(5-2)35(32-26(25)28(36)31-27)19-20-8-7-11-29-18-20/h7-11,17-18H,4-6,12-16,19H2,1-3H3,(H,30,31,36). The first-order chi connectivity index (χ1) is 19.3. The van der Waals surface area contributed by atoms with Gasteiger partial charge in [-0.05, 0) is 49.2 Å². The van der Waals surface area contributed by atoms with Crippen LogP contribution >= 0.6 is 0 Å². The van der Waals surface area contributed by atoms with Gasteiger partial charge >= 0.3 is 0 Å². The van der Waals surface area contributed by atoms with Crippen LogP contribution < -0.4 is 10.3 Å². The van der Waals surface area contributed by atoms with Crippen molar-refractivity contribution in [1.29, 1.82) is 0 Å². The van der Waals surface area contributed by atoms with E-state index in [0.29, 0.717) is 62.6 Å². The van der Waals surface area contributed by atoms with Crippen LogP contribution in [0, 0.1) is 0 Å². The lowest BCUT2D eigenvalue weighted by atomic mass is 10.1. The summed E-state index contributed by atoms with van der Waals surface area (Å²) in [7, 11) is -3.75. The summed E-state index contributed by atoms with van der Waals surface area (Å²) in [4.78, 5) is 27.5. The van der Waals surface area contributed by atoms with Gasteiger partial charge in [0.1, 0.15) is 17.1 Å². The van der Waals surface area contributed by atoms with Gasteiger partial charge in [0.25, 0.3) is 5.56 Å². The predicted octanol–water partition coefficient (Wildman–Crippen LogP) is 2.91. The van der Waals surface area contributed by atoms with Crippen LogP contribution in [0.5, 0.6) is 5.75 Å². The average molecular weight is 566 g/mol. The maximum Gasteiger partial charge on any atom is 0.279 e. The fourth-order valence-electron chi connectivity index (χ4n) is 4.96. The van der Waals surface area contributed by atoms with Gasteiger partial charge in [-0.3, -0.25) is 14.5 Å². The summed E-state index contributed by atoms with van der Waals surface area (Å²) in [5.74, 6) is 0.701. The molecule has 0 saturated carbocycles. The second-order valence-electron chi connectivity index (χ2n) is 9.78. The number of ether oxygens (including phenoxy) is 1. The van der Waals surface area contributed by atoms with E-state index < -0.39 is 15.6 Å². The molecular weight excluding hydrogens is 530 g/mol. The highest BCUT2D eigenvalue weighted by molar-refractivity contribution is 7.89. The van der Waals surface area contributed by atoms with Crippen molar-refractivity contribution < 1.29 is 13.2 Å². The van der Waals surface area contributed by atoms with Crippen LogP contribution in [0.15, 0.2) is 52.4 Å². The third-order valence-corrected chi connectivity index (χ3v) is 9.07. The quantitative estimate of drug-likeness (QED) is 0.311. The SMILES string of the molecule is CCCOc1ccc(S(=O)(=O)N2CCN(CC)CC2)cc1-c1nc2c(CC)n(Cc3cccnc3)nc2c(=O)[nH]1. The number of benzene rings is 1. The molecule has 1 fully saturated rings. The molecule has 0 aliphatic carbocycles. The zero-order valence-corrected chi connectivity index (χ0v) is 23.9. The fourth-order valence-corrected chi connectivity index (χ4v) is 6.41. The van der Waals surface area contributed by atoms with E-state index in [0.717, 1.165) is 24.2 Å². The molecule has 212 valence electrons. The van der Waals surface area contributed by atoms with Crippen molar-refractivity contribution in [2.24, 2.45) is 0 Å². The van der Waals surface area contributed by atoms with E-state index in [1.807, 2.05) is 26.0 Å². The van der Waals surface area contributed by atoms with Crippen molar-refractivity contribution in [2.45, 2.75) is 45.1 Å². The Morgan fingerprint density at radius 1 is 1.05 bits per heavy atom. The Morgan fingerprint density at radius 2 is 1.85 bits per heavy atom. The Labute approximate surface area is 233 Å². The summed E-state index contributed by atoms with van der Waals surface area (Å²) in [6, 6.07) is 8.58. The summed E-state index contributed by atoms with van der Waals surface area (Å²) < 4.78 is 36.5. The van der Waals surface area contributed by atoms with E-state index >= 15 is 0 Å². The molecule has 1 saturated heterocycles. The van der Waals surface area contributed by atoms with Crippen LogP contribution in [0.2, 0.25) is 0 Å². The van der Waals surface area contributed by atoms with E-state index in [-0.39, 0.29) is 16.2 Å². The number of likely N-dealkylation sites (N-methyl/N-ethyl adjacent to an activating group) is 1. The van der Waals surface area contributed by atoms with Gasteiger partial charge in [0.2, 0.25) is 10.0 Å². The molecule has 40 heavy (non-hydrogen) atoms. The first-order valence-corrected chi connectivity index (χ1v) is 15.2. The maximum absolute atomic E-state index is 13.6. The summed E-state index contributed by atoms with van der Waals surface area (Å²) in [6.07, 6.45) is 4.84. The van der Waals surface area contributed by atoms with Gasteiger partial charge in [0.15, 0.2) is 5.52 Å². The zero-order chi connectivity index (χ0) is 28.3. The molecule has 4 heterocycles. The first kappa shape index (κ1) is 27.9. The molecule has 11 nitrogen and oxygen atoms in total. The highest BCUT2D eigenvalue weighted by Crippen LogP contribution is 2.32. The summed E-state index contributed by atoms with van der Waals surface area (Å²) >= 11 is 0. The number of hydrogen-bond acceptors (Lipinski definition) is 8.